The minimum absolute atomic E-state index is 0.673. The topological polar surface area (TPSA) is 43.4 Å². The normalized spacial score (nSPS) is 10.1. The zero-order valence-corrected chi connectivity index (χ0v) is 12.4. The first-order valence-corrected chi connectivity index (χ1v) is 6.58. The van der Waals surface area contributed by atoms with Gasteiger partial charge in [0.2, 0.25) is 0 Å². The van der Waals surface area contributed by atoms with Crippen LogP contribution in [0.15, 0.2) is 41.1 Å². The minimum Gasteiger partial charge on any atom is -0.493 e. The van der Waals surface area contributed by atoms with E-state index in [1.807, 2.05) is 24.3 Å². The van der Waals surface area contributed by atoms with Gasteiger partial charge in [0.25, 0.3) is 0 Å². The molecule has 0 aliphatic rings. The smallest absolute Gasteiger partial charge is 0.161 e. The number of hydrogen-bond acceptors (Lipinski definition) is 4. The molecule has 0 atom stereocenters. The first-order valence-electron chi connectivity index (χ1n) is 5.79. The molecule has 2 rings (SSSR count). The molecule has 0 fully saturated rings. The third-order valence-electron chi connectivity index (χ3n) is 2.70. The molecule has 0 aliphatic carbocycles. The van der Waals surface area contributed by atoms with Gasteiger partial charge in [-0.2, -0.15) is 0 Å². The molecule has 0 amide bonds. The molecule has 5 heteroatoms. The first-order chi connectivity index (χ1) is 9.24. The Kier molecular flexibility index (Phi) is 4.63. The lowest BCUT2D eigenvalue weighted by molar-refractivity contribution is 0.354. The molecule has 1 aromatic carbocycles. The fourth-order valence-corrected chi connectivity index (χ4v) is 2.16. The molecule has 0 saturated carbocycles. The van der Waals surface area contributed by atoms with E-state index in [9.17, 15) is 0 Å². The molecular formula is C14H15BrN2O2. The van der Waals surface area contributed by atoms with Crippen molar-refractivity contribution < 1.29 is 9.47 Å². The van der Waals surface area contributed by atoms with Crippen molar-refractivity contribution in [3.8, 4) is 11.5 Å². The highest BCUT2D eigenvalue weighted by Crippen LogP contribution is 2.33. The molecule has 0 radical (unpaired) electrons. The Morgan fingerprint density at radius 3 is 2.58 bits per heavy atom. The molecular weight excluding hydrogens is 308 g/mol. The van der Waals surface area contributed by atoms with E-state index in [-0.39, 0.29) is 0 Å². The van der Waals surface area contributed by atoms with Crippen LogP contribution in [0, 0.1) is 0 Å². The Bertz CT molecular complexity index is 547. The minimum atomic E-state index is 0.673. The van der Waals surface area contributed by atoms with Gasteiger partial charge in [-0.25, -0.2) is 0 Å². The average molecular weight is 323 g/mol. The first kappa shape index (κ1) is 13.7. The summed E-state index contributed by atoms with van der Waals surface area (Å²) in [6.07, 6.45) is 3.53. The third kappa shape index (κ3) is 3.38. The second kappa shape index (κ2) is 6.43. The molecule has 4 nitrogen and oxygen atoms in total. The predicted molar refractivity (Wildman–Crippen MR) is 78.8 cm³/mol. The number of aromatic nitrogens is 1. The maximum atomic E-state index is 5.30. The summed E-state index contributed by atoms with van der Waals surface area (Å²) in [6.45, 7) is 0.673. The van der Waals surface area contributed by atoms with E-state index in [0.29, 0.717) is 18.0 Å². The van der Waals surface area contributed by atoms with Gasteiger partial charge in [-0.05, 0) is 29.8 Å². The molecule has 1 aromatic heterocycles. The van der Waals surface area contributed by atoms with Crippen LogP contribution in [0.3, 0.4) is 0 Å². The van der Waals surface area contributed by atoms with Gasteiger partial charge in [-0.3, -0.25) is 4.98 Å². The van der Waals surface area contributed by atoms with Crippen LogP contribution in [0.2, 0.25) is 0 Å². The summed E-state index contributed by atoms with van der Waals surface area (Å²) >= 11 is 3.53. The molecule has 0 saturated heterocycles. The van der Waals surface area contributed by atoms with E-state index in [1.54, 1.807) is 26.6 Å². The predicted octanol–water partition coefficient (Wildman–Crippen LogP) is 3.47. The van der Waals surface area contributed by atoms with Gasteiger partial charge in [-0.15, -0.1) is 0 Å². The van der Waals surface area contributed by atoms with Crippen LogP contribution in [-0.4, -0.2) is 19.2 Å². The molecule has 100 valence electrons. The molecule has 0 spiro atoms. The summed E-state index contributed by atoms with van der Waals surface area (Å²) in [6, 6.07) is 7.72. The SMILES string of the molecule is COc1cc(Br)c(CNc2cccnc2)cc1OC. The summed E-state index contributed by atoms with van der Waals surface area (Å²) < 4.78 is 11.5. The second-order valence-electron chi connectivity index (χ2n) is 3.89. The van der Waals surface area contributed by atoms with Gasteiger partial charge in [0, 0.05) is 23.4 Å². The van der Waals surface area contributed by atoms with E-state index in [2.05, 4.69) is 26.2 Å². The highest BCUT2D eigenvalue weighted by molar-refractivity contribution is 9.10. The van der Waals surface area contributed by atoms with Crippen molar-refractivity contribution in [2.75, 3.05) is 19.5 Å². The van der Waals surface area contributed by atoms with Gasteiger partial charge in [0.15, 0.2) is 11.5 Å². The summed E-state index contributed by atoms with van der Waals surface area (Å²) in [4.78, 5) is 4.06. The number of nitrogens with one attached hydrogen (secondary N) is 1. The lowest BCUT2D eigenvalue weighted by atomic mass is 10.2. The van der Waals surface area contributed by atoms with Crippen LogP contribution in [0.1, 0.15) is 5.56 Å². The number of anilines is 1. The highest BCUT2D eigenvalue weighted by atomic mass is 79.9. The van der Waals surface area contributed by atoms with Gasteiger partial charge < -0.3 is 14.8 Å². The highest BCUT2D eigenvalue weighted by Gasteiger charge is 2.09. The van der Waals surface area contributed by atoms with Gasteiger partial charge >= 0.3 is 0 Å². The quantitative estimate of drug-likeness (QED) is 0.915. The number of hydrogen-bond donors (Lipinski definition) is 1. The number of rotatable bonds is 5. The average Bonchev–Trinajstić information content (AvgIpc) is 2.46. The van der Waals surface area contributed by atoms with Gasteiger partial charge in [0.1, 0.15) is 0 Å². The van der Waals surface area contributed by atoms with Crippen LogP contribution >= 0.6 is 15.9 Å². The fraction of sp³-hybridized carbons (Fsp3) is 0.214. The molecule has 1 N–H and O–H groups in total. The van der Waals surface area contributed by atoms with Crippen LogP contribution in [0.5, 0.6) is 11.5 Å². The summed E-state index contributed by atoms with van der Waals surface area (Å²) in [7, 11) is 3.25. The number of benzene rings is 1. The largest absolute Gasteiger partial charge is 0.493 e. The molecule has 0 bridgehead atoms. The van der Waals surface area contributed by atoms with Crippen molar-refractivity contribution in [3.05, 3.63) is 46.7 Å². The Morgan fingerprint density at radius 1 is 1.21 bits per heavy atom. The molecule has 0 unspecified atom stereocenters. The zero-order chi connectivity index (χ0) is 13.7. The molecule has 1 heterocycles. The number of ether oxygens (including phenoxy) is 2. The van der Waals surface area contributed by atoms with E-state index in [4.69, 9.17) is 9.47 Å². The summed E-state index contributed by atoms with van der Waals surface area (Å²) in [5.41, 5.74) is 2.06. The molecule has 0 aliphatic heterocycles. The molecule has 19 heavy (non-hydrogen) atoms. The maximum absolute atomic E-state index is 5.30. The summed E-state index contributed by atoms with van der Waals surface area (Å²) in [5, 5.41) is 3.30. The van der Waals surface area contributed by atoms with Crippen molar-refractivity contribution in [1.82, 2.24) is 4.98 Å². The van der Waals surface area contributed by atoms with Crippen LogP contribution in [-0.2, 0) is 6.54 Å². The lowest BCUT2D eigenvalue weighted by Crippen LogP contribution is -2.02. The summed E-state index contributed by atoms with van der Waals surface area (Å²) in [5.74, 6) is 1.42. The Balaban J connectivity index is 2.16. The maximum Gasteiger partial charge on any atom is 0.161 e. The number of pyridine rings is 1. The van der Waals surface area contributed by atoms with Crippen molar-refractivity contribution in [2.24, 2.45) is 0 Å². The van der Waals surface area contributed by atoms with Crippen LogP contribution in [0.25, 0.3) is 0 Å². The number of methoxy groups -OCH3 is 2. The van der Waals surface area contributed by atoms with Crippen LogP contribution < -0.4 is 14.8 Å². The monoisotopic (exact) mass is 322 g/mol. The third-order valence-corrected chi connectivity index (χ3v) is 3.44. The lowest BCUT2D eigenvalue weighted by Gasteiger charge is -2.13. The van der Waals surface area contributed by atoms with E-state index >= 15 is 0 Å². The second-order valence-corrected chi connectivity index (χ2v) is 4.75. The van der Waals surface area contributed by atoms with E-state index in [1.165, 1.54) is 0 Å². The Labute approximate surface area is 120 Å². The van der Waals surface area contributed by atoms with Crippen molar-refractivity contribution in [1.29, 1.82) is 0 Å². The number of nitrogens with zero attached hydrogens (tertiary/aromatic N) is 1. The van der Waals surface area contributed by atoms with Gasteiger partial charge in [0.05, 0.1) is 19.9 Å². The van der Waals surface area contributed by atoms with Crippen molar-refractivity contribution in [3.63, 3.8) is 0 Å². The zero-order valence-electron chi connectivity index (χ0n) is 10.8. The van der Waals surface area contributed by atoms with Crippen molar-refractivity contribution >= 4 is 21.6 Å². The van der Waals surface area contributed by atoms with Crippen LogP contribution in [0.4, 0.5) is 5.69 Å². The van der Waals surface area contributed by atoms with Gasteiger partial charge in [-0.1, -0.05) is 15.9 Å². The Hall–Kier alpha value is -1.75. The molecule has 2 aromatic rings. The van der Waals surface area contributed by atoms with Crippen molar-refractivity contribution in [2.45, 2.75) is 6.54 Å². The Morgan fingerprint density at radius 2 is 1.95 bits per heavy atom. The fourth-order valence-electron chi connectivity index (χ4n) is 1.70. The van der Waals surface area contributed by atoms with E-state index < -0.39 is 0 Å². The standard InChI is InChI=1S/C14H15BrN2O2/c1-18-13-6-10(12(15)7-14(13)19-2)8-17-11-4-3-5-16-9-11/h3-7,9,17H,8H2,1-2H3. The van der Waals surface area contributed by atoms with E-state index in [0.717, 1.165) is 15.7 Å². The number of halogens is 1.